The first-order chi connectivity index (χ1) is 2.00. The SMILES string of the molecule is O.[KH].[O]=[Sb]([OH])([OH])[OH]. The molecule has 0 saturated carbocycles. The maximum absolute atomic E-state index is 8.97. The second-order valence-electron chi connectivity index (χ2n) is 0.513. The molecular formula is H6KO5Sb. The topological polar surface area (TPSA) is 109 Å². The molecule has 42 valence electrons. The van der Waals surface area contributed by atoms with Gasteiger partial charge in [-0.1, -0.05) is 0 Å². The Hall–Kier alpha value is 2.09. The summed E-state index contributed by atoms with van der Waals surface area (Å²) in [6.07, 6.45) is 0. The van der Waals surface area contributed by atoms with Crippen LogP contribution in [-0.2, 0) is 3.02 Å². The monoisotopic (exact) mass is 246 g/mol. The molecule has 0 unspecified atom stereocenters. The quantitative estimate of drug-likeness (QED) is 0.383. The van der Waals surface area contributed by atoms with Gasteiger partial charge in [0.1, 0.15) is 0 Å². The van der Waals surface area contributed by atoms with Crippen LogP contribution in [0.5, 0.6) is 0 Å². The van der Waals surface area contributed by atoms with Gasteiger partial charge in [0.25, 0.3) is 0 Å². The van der Waals surface area contributed by atoms with Crippen molar-refractivity contribution in [1.82, 2.24) is 0 Å². The van der Waals surface area contributed by atoms with E-state index < -0.39 is 20.1 Å². The van der Waals surface area contributed by atoms with E-state index in [9.17, 15) is 0 Å². The Labute approximate surface area is 88.2 Å². The van der Waals surface area contributed by atoms with Gasteiger partial charge in [-0.3, -0.25) is 0 Å². The molecule has 0 rings (SSSR count). The Morgan fingerprint density at radius 3 is 1.14 bits per heavy atom. The van der Waals surface area contributed by atoms with Gasteiger partial charge in [-0.2, -0.15) is 0 Å². The molecule has 0 bridgehead atoms. The summed E-state index contributed by atoms with van der Waals surface area (Å²) < 4.78 is 30.8. The summed E-state index contributed by atoms with van der Waals surface area (Å²) in [5, 5.41) is 0. The van der Waals surface area contributed by atoms with E-state index in [1.165, 1.54) is 0 Å². The summed E-state index contributed by atoms with van der Waals surface area (Å²) in [6, 6.07) is 0. The van der Waals surface area contributed by atoms with Gasteiger partial charge in [0.2, 0.25) is 0 Å². The molecule has 0 saturated heterocycles. The molecule has 0 aliphatic rings. The maximum atomic E-state index is 8.97. The van der Waals surface area contributed by atoms with Crippen LogP contribution in [0.4, 0.5) is 0 Å². The van der Waals surface area contributed by atoms with Crippen molar-refractivity contribution < 1.29 is 18.6 Å². The number of rotatable bonds is 0. The Morgan fingerprint density at radius 2 is 1.14 bits per heavy atom. The molecule has 5 N–H and O–H groups in total. The summed E-state index contributed by atoms with van der Waals surface area (Å²) in [4.78, 5) is 0. The van der Waals surface area contributed by atoms with Gasteiger partial charge in [-0.05, 0) is 0 Å². The van der Waals surface area contributed by atoms with Crippen molar-refractivity contribution in [2.24, 2.45) is 0 Å². The van der Waals surface area contributed by atoms with Crippen LogP contribution >= 0.6 is 0 Å². The van der Waals surface area contributed by atoms with Gasteiger partial charge < -0.3 is 5.48 Å². The van der Waals surface area contributed by atoms with E-state index in [0.29, 0.717) is 0 Å². The van der Waals surface area contributed by atoms with Crippen LogP contribution in [-0.4, -0.2) is 87.1 Å². The fourth-order valence-corrected chi connectivity index (χ4v) is 0. The van der Waals surface area contributed by atoms with Gasteiger partial charge >= 0.3 is 84.6 Å². The Balaban J connectivity index is -0.0000000800. The predicted octanol–water partition coefficient (Wildman–Crippen LogP) is -3.64. The summed E-state index contributed by atoms with van der Waals surface area (Å²) >= 11 is -5.35. The fraction of sp³-hybridized carbons (Fsp3) is 0. The first-order valence-electron chi connectivity index (χ1n) is 0.783. The molecule has 7 heteroatoms. The summed E-state index contributed by atoms with van der Waals surface area (Å²) in [5.74, 6) is 0. The Morgan fingerprint density at radius 1 is 1.14 bits per heavy atom. The minimum atomic E-state index is -5.35. The van der Waals surface area contributed by atoms with E-state index >= 15 is 0 Å². The van der Waals surface area contributed by atoms with Crippen molar-refractivity contribution in [3.05, 3.63) is 0 Å². The molecular weight excluding hydrogens is 241 g/mol. The van der Waals surface area contributed by atoms with Gasteiger partial charge in [0.15, 0.2) is 0 Å². The zero-order valence-corrected chi connectivity index (χ0v) is 5.25. The van der Waals surface area contributed by atoms with Crippen LogP contribution in [0.2, 0.25) is 0 Å². The first-order valence-corrected chi connectivity index (χ1v) is 5.25. The molecule has 7 heavy (non-hydrogen) atoms. The van der Waals surface area contributed by atoms with Crippen molar-refractivity contribution >= 4 is 71.4 Å². The fourth-order valence-electron chi connectivity index (χ4n) is 0. The van der Waals surface area contributed by atoms with E-state index in [1.807, 2.05) is 0 Å². The third-order valence-corrected chi connectivity index (χ3v) is 0. The molecule has 0 aromatic heterocycles. The van der Waals surface area contributed by atoms with Crippen LogP contribution in [0.1, 0.15) is 0 Å². The molecule has 0 atom stereocenters. The summed E-state index contributed by atoms with van der Waals surface area (Å²) in [7, 11) is 0. The van der Waals surface area contributed by atoms with E-state index in [1.54, 1.807) is 0 Å². The van der Waals surface area contributed by atoms with Gasteiger partial charge in [0.05, 0.1) is 0 Å². The van der Waals surface area contributed by atoms with Crippen LogP contribution in [0.15, 0.2) is 0 Å². The molecule has 5 nitrogen and oxygen atoms in total. The molecule has 0 spiro atoms. The standard InChI is InChI=1S/K.4H2O.O.Sb.H/h;4*1H2;;;/q;;;;;;+3;/p-3. The van der Waals surface area contributed by atoms with Crippen molar-refractivity contribution in [3.63, 3.8) is 0 Å². The molecule has 0 heterocycles. The van der Waals surface area contributed by atoms with Crippen LogP contribution in [0.25, 0.3) is 0 Å². The van der Waals surface area contributed by atoms with Crippen LogP contribution < -0.4 is 0 Å². The van der Waals surface area contributed by atoms with Crippen molar-refractivity contribution in [3.8, 4) is 0 Å². The number of hydrogen-bond acceptors (Lipinski definition) is 1. The third kappa shape index (κ3) is 68.5. The normalized spacial score (nSPS) is 8.43. The predicted molar refractivity (Wildman–Crippen MR) is 23.9 cm³/mol. The second kappa shape index (κ2) is 6.22. The molecule has 0 aromatic carbocycles. The molecule has 0 amide bonds. The van der Waals surface area contributed by atoms with Gasteiger partial charge in [-0.25, -0.2) is 0 Å². The average molecular weight is 247 g/mol. The summed E-state index contributed by atoms with van der Waals surface area (Å²) in [5.41, 5.74) is 0. The zero-order valence-electron chi connectivity index (χ0n) is 2.70. The molecule has 0 fully saturated rings. The van der Waals surface area contributed by atoms with Crippen molar-refractivity contribution in [2.45, 2.75) is 0 Å². The van der Waals surface area contributed by atoms with E-state index in [2.05, 4.69) is 0 Å². The van der Waals surface area contributed by atoms with Crippen molar-refractivity contribution in [2.75, 3.05) is 0 Å². The van der Waals surface area contributed by atoms with E-state index in [-0.39, 0.29) is 56.9 Å². The average Bonchev–Trinajstić information content (AvgIpc) is 0.722. The second-order valence-corrected chi connectivity index (χ2v) is 3.44. The van der Waals surface area contributed by atoms with Gasteiger partial charge in [0, 0.05) is 0 Å². The summed E-state index contributed by atoms with van der Waals surface area (Å²) in [6.45, 7) is 0. The van der Waals surface area contributed by atoms with Crippen LogP contribution in [0.3, 0.4) is 0 Å². The Bertz CT molecular complexity index is 54.2. The molecule has 0 aromatic rings. The van der Waals surface area contributed by atoms with Crippen LogP contribution in [0, 0.1) is 0 Å². The minimum absolute atomic E-state index is 0. The number of hydrogen-bond donors (Lipinski definition) is 3. The first kappa shape index (κ1) is 16.0. The molecule has 0 aliphatic carbocycles. The van der Waals surface area contributed by atoms with E-state index in [4.69, 9.17) is 13.2 Å². The van der Waals surface area contributed by atoms with Gasteiger partial charge in [-0.15, -0.1) is 0 Å². The van der Waals surface area contributed by atoms with E-state index in [0.717, 1.165) is 0 Å². The molecule has 0 radical (unpaired) electrons. The molecule has 0 aliphatic heterocycles. The third-order valence-electron chi connectivity index (χ3n) is 0. The van der Waals surface area contributed by atoms with Crippen molar-refractivity contribution in [1.29, 1.82) is 0 Å². The Kier molecular flexibility index (Phi) is 14.3. The zero-order chi connectivity index (χ0) is 4.50.